The van der Waals surface area contributed by atoms with Crippen LogP contribution in [0, 0.1) is 11.6 Å². The van der Waals surface area contributed by atoms with Gasteiger partial charge in [-0.3, -0.25) is 4.79 Å². The summed E-state index contributed by atoms with van der Waals surface area (Å²) < 4.78 is 26.5. The molecule has 2 aromatic carbocycles. The molecule has 0 unspecified atom stereocenters. The van der Waals surface area contributed by atoms with Crippen molar-refractivity contribution in [3.05, 3.63) is 69.7 Å². The molecular weight excluding hydrogens is 316 g/mol. The summed E-state index contributed by atoms with van der Waals surface area (Å²) in [5.41, 5.74) is 0.864. The fraction of sp³-hybridized carbons (Fsp3) is 0.0714. The Morgan fingerprint density at radius 1 is 1.16 bits per heavy atom. The predicted molar refractivity (Wildman–Crippen MR) is 71.7 cm³/mol. The number of hydrogen-bond acceptors (Lipinski definition) is 1. The number of rotatable bonds is 3. The molecule has 0 saturated carbocycles. The average Bonchev–Trinajstić information content (AvgIpc) is 2.39. The van der Waals surface area contributed by atoms with Crippen molar-refractivity contribution in [3.8, 4) is 0 Å². The average molecular weight is 326 g/mol. The summed E-state index contributed by atoms with van der Waals surface area (Å²) in [6, 6.07) is 10.0. The smallest absolute Gasteiger partial charge is 0.251 e. The fourth-order valence-corrected chi connectivity index (χ4v) is 1.82. The lowest BCUT2D eigenvalue weighted by Gasteiger charge is -2.06. The van der Waals surface area contributed by atoms with E-state index in [0.717, 1.165) is 6.07 Å². The molecule has 0 saturated heterocycles. The minimum atomic E-state index is -0.501. The fourth-order valence-electron chi connectivity index (χ4n) is 1.57. The van der Waals surface area contributed by atoms with Crippen LogP contribution >= 0.6 is 15.9 Å². The number of halogens is 3. The molecule has 98 valence electrons. The van der Waals surface area contributed by atoms with Gasteiger partial charge in [0.25, 0.3) is 5.91 Å². The van der Waals surface area contributed by atoms with Crippen LogP contribution in [0.3, 0.4) is 0 Å². The maximum atomic E-state index is 13.3. The van der Waals surface area contributed by atoms with Crippen molar-refractivity contribution in [1.29, 1.82) is 0 Å². The number of nitrogens with one attached hydrogen (secondary N) is 1. The number of amides is 1. The molecule has 0 heterocycles. The van der Waals surface area contributed by atoms with Crippen LogP contribution in [0.25, 0.3) is 0 Å². The van der Waals surface area contributed by atoms with Crippen molar-refractivity contribution in [2.75, 3.05) is 0 Å². The zero-order chi connectivity index (χ0) is 13.8. The van der Waals surface area contributed by atoms with Gasteiger partial charge in [0, 0.05) is 12.1 Å². The molecule has 0 aliphatic carbocycles. The molecule has 2 rings (SSSR count). The van der Waals surface area contributed by atoms with Crippen LogP contribution in [0.15, 0.2) is 46.9 Å². The Kier molecular flexibility index (Phi) is 4.27. The summed E-state index contributed by atoms with van der Waals surface area (Å²) in [5.74, 6) is -1.27. The van der Waals surface area contributed by atoms with Gasteiger partial charge in [-0.25, -0.2) is 8.78 Å². The van der Waals surface area contributed by atoms with Gasteiger partial charge in [-0.1, -0.05) is 12.1 Å². The first-order chi connectivity index (χ1) is 9.06. The van der Waals surface area contributed by atoms with Crippen LogP contribution in [-0.2, 0) is 6.54 Å². The number of carbonyl (C=O) groups is 1. The van der Waals surface area contributed by atoms with Crippen LogP contribution < -0.4 is 5.32 Å². The summed E-state index contributed by atoms with van der Waals surface area (Å²) in [6.45, 7) is 0.189. The quantitative estimate of drug-likeness (QED) is 0.916. The van der Waals surface area contributed by atoms with Crippen molar-refractivity contribution in [2.45, 2.75) is 6.54 Å². The van der Waals surface area contributed by atoms with Crippen molar-refractivity contribution in [2.24, 2.45) is 0 Å². The van der Waals surface area contributed by atoms with Crippen LogP contribution in [0.5, 0.6) is 0 Å². The standard InChI is InChI=1S/C14H10BrF2NO/c15-12-5-4-10(7-13(12)17)14(19)18-8-9-2-1-3-11(16)6-9/h1-7H,8H2,(H,18,19). The lowest BCUT2D eigenvalue weighted by molar-refractivity contribution is 0.0950. The van der Waals surface area contributed by atoms with Crippen molar-refractivity contribution < 1.29 is 13.6 Å². The minimum Gasteiger partial charge on any atom is -0.348 e. The molecule has 0 aliphatic heterocycles. The second-order valence-electron chi connectivity index (χ2n) is 3.94. The molecule has 19 heavy (non-hydrogen) atoms. The van der Waals surface area contributed by atoms with E-state index in [1.807, 2.05) is 0 Å². The molecule has 2 aromatic rings. The molecule has 0 radical (unpaired) electrons. The predicted octanol–water partition coefficient (Wildman–Crippen LogP) is 3.66. The topological polar surface area (TPSA) is 29.1 Å². The molecule has 1 amide bonds. The lowest BCUT2D eigenvalue weighted by atomic mass is 10.2. The van der Waals surface area contributed by atoms with Gasteiger partial charge in [0.15, 0.2) is 0 Å². The molecule has 0 fully saturated rings. The molecule has 0 atom stereocenters. The van der Waals surface area contributed by atoms with Crippen LogP contribution in [0.2, 0.25) is 0 Å². The van der Waals surface area contributed by atoms with Crippen LogP contribution in [0.1, 0.15) is 15.9 Å². The van der Waals surface area contributed by atoms with Gasteiger partial charge in [0.2, 0.25) is 0 Å². The number of benzene rings is 2. The molecule has 0 aliphatic rings. The maximum absolute atomic E-state index is 13.3. The first-order valence-corrected chi connectivity index (χ1v) is 6.33. The molecule has 2 nitrogen and oxygen atoms in total. The molecule has 1 N–H and O–H groups in total. The van der Waals surface area contributed by atoms with Gasteiger partial charge >= 0.3 is 0 Å². The van der Waals surface area contributed by atoms with E-state index >= 15 is 0 Å². The van der Waals surface area contributed by atoms with Crippen LogP contribution in [0.4, 0.5) is 8.78 Å². The second-order valence-corrected chi connectivity index (χ2v) is 4.80. The van der Waals surface area contributed by atoms with E-state index < -0.39 is 11.7 Å². The third kappa shape index (κ3) is 3.61. The Morgan fingerprint density at radius 3 is 2.63 bits per heavy atom. The second kappa shape index (κ2) is 5.93. The van der Waals surface area contributed by atoms with Gasteiger partial charge in [0.1, 0.15) is 11.6 Å². The van der Waals surface area contributed by atoms with Gasteiger partial charge in [-0.15, -0.1) is 0 Å². The zero-order valence-corrected chi connectivity index (χ0v) is 11.4. The van der Waals surface area contributed by atoms with E-state index in [-0.39, 0.29) is 17.9 Å². The van der Waals surface area contributed by atoms with Gasteiger partial charge in [-0.2, -0.15) is 0 Å². The SMILES string of the molecule is O=C(NCc1cccc(F)c1)c1ccc(Br)c(F)c1. The highest BCUT2D eigenvalue weighted by atomic mass is 79.9. The van der Waals surface area contributed by atoms with E-state index in [1.165, 1.54) is 24.3 Å². The Labute approximate surface area is 117 Å². The van der Waals surface area contributed by atoms with Crippen LogP contribution in [-0.4, -0.2) is 5.91 Å². The first kappa shape index (κ1) is 13.7. The normalized spacial score (nSPS) is 10.3. The third-order valence-electron chi connectivity index (χ3n) is 2.52. The van der Waals surface area contributed by atoms with E-state index in [9.17, 15) is 13.6 Å². The van der Waals surface area contributed by atoms with Crippen molar-refractivity contribution >= 4 is 21.8 Å². The van der Waals surface area contributed by atoms with Crippen molar-refractivity contribution in [3.63, 3.8) is 0 Å². The van der Waals surface area contributed by atoms with Gasteiger partial charge < -0.3 is 5.32 Å². The Balaban J connectivity index is 2.03. The van der Waals surface area contributed by atoms with E-state index in [0.29, 0.717) is 10.0 Å². The lowest BCUT2D eigenvalue weighted by Crippen LogP contribution is -2.22. The Hall–Kier alpha value is -1.75. The minimum absolute atomic E-state index is 0.189. The monoisotopic (exact) mass is 325 g/mol. The summed E-state index contributed by atoms with van der Waals surface area (Å²) in [7, 11) is 0. The van der Waals surface area contributed by atoms with Gasteiger partial charge in [-0.05, 0) is 51.8 Å². The van der Waals surface area contributed by atoms with E-state index in [4.69, 9.17) is 0 Å². The number of carbonyl (C=O) groups excluding carboxylic acids is 1. The highest BCUT2D eigenvalue weighted by Gasteiger charge is 2.08. The zero-order valence-electron chi connectivity index (χ0n) is 9.79. The Bertz CT molecular complexity index is 616. The number of hydrogen-bond donors (Lipinski definition) is 1. The summed E-state index contributed by atoms with van der Waals surface area (Å²) in [5, 5.41) is 2.60. The van der Waals surface area contributed by atoms with Crippen molar-refractivity contribution in [1.82, 2.24) is 5.32 Å². The molecular formula is C14H10BrF2NO. The maximum Gasteiger partial charge on any atom is 0.251 e. The third-order valence-corrected chi connectivity index (χ3v) is 3.17. The molecule has 5 heteroatoms. The molecule has 0 spiro atoms. The van der Waals surface area contributed by atoms with Gasteiger partial charge in [0.05, 0.1) is 4.47 Å². The summed E-state index contributed by atoms with van der Waals surface area (Å²) in [4.78, 5) is 11.8. The summed E-state index contributed by atoms with van der Waals surface area (Å²) in [6.07, 6.45) is 0. The molecule has 0 aromatic heterocycles. The largest absolute Gasteiger partial charge is 0.348 e. The van der Waals surface area contributed by atoms with E-state index in [2.05, 4.69) is 21.2 Å². The highest BCUT2D eigenvalue weighted by Crippen LogP contribution is 2.16. The summed E-state index contributed by atoms with van der Waals surface area (Å²) >= 11 is 3.01. The molecule has 0 bridgehead atoms. The first-order valence-electron chi connectivity index (χ1n) is 5.54. The van der Waals surface area contributed by atoms with E-state index in [1.54, 1.807) is 12.1 Å². The Morgan fingerprint density at radius 2 is 1.95 bits per heavy atom. The highest BCUT2D eigenvalue weighted by molar-refractivity contribution is 9.10.